The van der Waals surface area contributed by atoms with Crippen LogP contribution in [0.2, 0.25) is 0 Å². The van der Waals surface area contributed by atoms with Gasteiger partial charge in [0.05, 0.1) is 5.69 Å². The van der Waals surface area contributed by atoms with Gasteiger partial charge in [0.1, 0.15) is 12.4 Å². The molecule has 0 atom stereocenters. The van der Waals surface area contributed by atoms with Gasteiger partial charge in [-0.15, -0.1) is 0 Å². The smallest absolute Gasteiger partial charge is 0.132 e. The van der Waals surface area contributed by atoms with Crippen LogP contribution in [0.3, 0.4) is 0 Å². The number of fused-ring (bicyclic) bond motifs is 1. The third-order valence-electron chi connectivity index (χ3n) is 3.49. The monoisotopic (exact) mass is 281 g/mol. The first kappa shape index (κ1) is 13.5. The fraction of sp³-hybridized carbons (Fsp3) is 0.235. The van der Waals surface area contributed by atoms with Crippen LogP contribution in [-0.2, 0) is 6.61 Å². The zero-order valence-corrected chi connectivity index (χ0v) is 12.3. The van der Waals surface area contributed by atoms with Crippen molar-refractivity contribution in [3.05, 3.63) is 54.4 Å². The van der Waals surface area contributed by atoms with Crippen molar-refractivity contribution < 1.29 is 4.74 Å². The van der Waals surface area contributed by atoms with Gasteiger partial charge < -0.3 is 10.5 Å². The lowest BCUT2D eigenvalue weighted by atomic mass is 10.1. The van der Waals surface area contributed by atoms with Gasteiger partial charge in [-0.1, -0.05) is 24.3 Å². The average molecular weight is 281 g/mol. The molecule has 3 aromatic rings. The molecule has 0 aliphatic heterocycles. The highest BCUT2D eigenvalue weighted by atomic mass is 16.5. The molecule has 0 fully saturated rings. The zero-order valence-electron chi connectivity index (χ0n) is 12.3. The molecule has 0 radical (unpaired) electrons. The van der Waals surface area contributed by atoms with Gasteiger partial charge in [-0.25, -0.2) is 0 Å². The summed E-state index contributed by atoms with van der Waals surface area (Å²) in [5.74, 6) is 0.832. The summed E-state index contributed by atoms with van der Waals surface area (Å²) in [7, 11) is 0. The van der Waals surface area contributed by atoms with Crippen LogP contribution in [0.1, 0.15) is 25.6 Å². The van der Waals surface area contributed by atoms with E-state index in [2.05, 4.69) is 18.9 Å². The fourth-order valence-corrected chi connectivity index (χ4v) is 2.31. The van der Waals surface area contributed by atoms with Gasteiger partial charge in [-0.2, -0.15) is 5.10 Å². The molecule has 2 N–H and O–H groups in total. The Morgan fingerprint density at radius 3 is 2.57 bits per heavy atom. The first-order valence-electron chi connectivity index (χ1n) is 7.09. The van der Waals surface area contributed by atoms with Gasteiger partial charge in [0.25, 0.3) is 0 Å². The molecule has 21 heavy (non-hydrogen) atoms. The van der Waals surface area contributed by atoms with Gasteiger partial charge in [-0.05, 0) is 32.0 Å². The molecule has 0 aliphatic carbocycles. The number of aromatic nitrogens is 2. The lowest BCUT2D eigenvalue weighted by Gasteiger charge is -2.10. The molecule has 0 unspecified atom stereocenters. The van der Waals surface area contributed by atoms with Crippen molar-refractivity contribution in [2.24, 2.45) is 0 Å². The minimum Gasteiger partial charge on any atom is -0.487 e. The predicted molar refractivity (Wildman–Crippen MR) is 85.3 cm³/mol. The Balaban J connectivity index is 1.83. The van der Waals surface area contributed by atoms with Crippen LogP contribution in [0.4, 0.5) is 5.69 Å². The predicted octanol–water partition coefficient (Wildman–Crippen LogP) is 3.78. The molecule has 4 nitrogen and oxygen atoms in total. The van der Waals surface area contributed by atoms with E-state index in [1.807, 2.05) is 53.3 Å². The van der Waals surface area contributed by atoms with Crippen LogP contribution in [0.25, 0.3) is 10.8 Å². The lowest BCUT2D eigenvalue weighted by molar-refractivity contribution is 0.302. The molecule has 0 bridgehead atoms. The maximum atomic E-state index is 6.00. The highest BCUT2D eigenvalue weighted by Gasteiger charge is 2.07. The van der Waals surface area contributed by atoms with E-state index < -0.39 is 0 Å². The number of hydrogen-bond donors (Lipinski definition) is 1. The minimum absolute atomic E-state index is 0.358. The lowest BCUT2D eigenvalue weighted by Crippen LogP contribution is -2.03. The summed E-state index contributed by atoms with van der Waals surface area (Å²) in [6.07, 6.45) is 1.98. The van der Waals surface area contributed by atoms with Gasteiger partial charge in [0.2, 0.25) is 0 Å². The van der Waals surface area contributed by atoms with Gasteiger partial charge >= 0.3 is 0 Å². The SMILES string of the molecule is CC(C)n1ccc(COc2ccc(N)c3ccccc23)n1. The highest BCUT2D eigenvalue weighted by Crippen LogP contribution is 2.30. The van der Waals surface area contributed by atoms with Crippen molar-refractivity contribution in [1.82, 2.24) is 9.78 Å². The molecule has 0 spiro atoms. The minimum atomic E-state index is 0.358. The third-order valence-corrected chi connectivity index (χ3v) is 3.49. The maximum absolute atomic E-state index is 6.00. The van der Waals surface area contributed by atoms with E-state index in [-0.39, 0.29) is 0 Å². The molecule has 108 valence electrons. The maximum Gasteiger partial charge on any atom is 0.132 e. The second-order valence-corrected chi connectivity index (χ2v) is 5.37. The summed E-state index contributed by atoms with van der Waals surface area (Å²) in [6, 6.07) is 14.1. The Morgan fingerprint density at radius 2 is 1.86 bits per heavy atom. The van der Waals surface area contributed by atoms with Crippen LogP contribution in [-0.4, -0.2) is 9.78 Å². The number of ether oxygens (including phenoxy) is 1. The van der Waals surface area contributed by atoms with E-state index >= 15 is 0 Å². The van der Waals surface area contributed by atoms with Crippen molar-refractivity contribution >= 4 is 16.5 Å². The van der Waals surface area contributed by atoms with Gasteiger partial charge in [0.15, 0.2) is 0 Å². The average Bonchev–Trinajstić information content (AvgIpc) is 2.96. The standard InChI is InChI=1S/C17H19N3O/c1-12(2)20-10-9-13(19-20)11-21-17-8-7-16(18)14-5-3-4-6-15(14)17/h3-10,12H,11,18H2,1-2H3. The van der Waals surface area contributed by atoms with E-state index in [1.54, 1.807) is 0 Å². The van der Waals surface area contributed by atoms with Crippen molar-refractivity contribution in [2.75, 3.05) is 5.73 Å². The van der Waals surface area contributed by atoms with E-state index in [9.17, 15) is 0 Å². The van der Waals surface area contributed by atoms with Crippen molar-refractivity contribution in [1.29, 1.82) is 0 Å². The van der Waals surface area contributed by atoms with Crippen LogP contribution in [0.5, 0.6) is 5.75 Å². The summed E-state index contributed by atoms with van der Waals surface area (Å²) >= 11 is 0. The second-order valence-electron chi connectivity index (χ2n) is 5.37. The first-order valence-corrected chi connectivity index (χ1v) is 7.09. The molecule has 2 aromatic carbocycles. The number of benzene rings is 2. The molecule has 3 rings (SSSR count). The van der Waals surface area contributed by atoms with Crippen LogP contribution in [0.15, 0.2) is 48.7 Å². The Bertz CT molecular complexity index is 762. The van der Waals surface area contributed by atoms with Crippen molar-refractivity contribution in [3.63, 3.8) is 0 Å². The summed E-state index contributed by atoms with van der Waals surface area (Å²) in [5, 5.41) is 6.53. The number of rotatable bonds is 4. The van der Waals surface area contributed by atoms with E-state index in [4.69, 9.17) is 10.5 Å². The molecule has 0 saturated carbocycles. The van der Waals surface area contributed by atoms with Crippen LogP contribution < -0.4 is 10.5 Å². The van der Waals surface area contributed by atoms with Crippen LogP contribution in [0, 0.1) is 0 Å². The van der Waals surface area contributed by atoms with Gasteiger partial charge in [0, 0.05) is 28.7 Å². The summed E-state index contributed by atoms with van der Waals surface area (Å²) in [5.41, 5.74) is 7.68. The van der Waals surface area contributed by atoms with E-state index in [0.717, 1.165) is 27.9 Å². The Morgan fingerprint density at radius 1 is 1.10 bits per heavy atom. The molecule has 1 aromatic heterocycles. The molecule has 0 saturated heterocycles. The number of nitrogens with zero attached hydrogens (tertiary/aromatic N) is 2. The Labute approximate surface area is 124 Å². The summed E-state index contributed by atoms with van der Waals surface area (Å²) in [4.78, 5) is 0. The fourth-order valence-electron chi connectivity index (χ4n) is 2.31. The zero-order chi connectivity index (χ0) is 14.8. The molecule has 1 heterocycles. The highest BCUT2D eigenvalue weighted by molar-refractivity contribution is 5.96. The summed E-state index contributed by atoms with van der Waals surface area (Å²) in [6.45, 7) is 4.66. The van der Waals surface area contributed by atoms with E-state index in [0.29, 0.717) is 12.6 Å². The molecule has 0 aliphatic rings. The topological polar surface area (TPSA) is 53.1 Å². The number of nitrogens with two attached hydrogens (primary N) is 1. The quantitative estimate of drug-likeness (QED) is 0.740. The van der Waals surface area contributed by atoms with E-state index in [1.165, 1.54) is 0 Å². The first-order chi connectivity index (χ1) is 10.1. The summed E-state index contributed by atoms with van der Waals surface area (Å²) < 4.78 is 7.85. The van der Waals surface area contributed by atoms with Crippen LogP contribution >= 0.6 is 0 Å². The molecule has 4 heteroatoms. The number of anilines is 1. The Hall–Kier alpha value is -2.49. The Kier molecular flexibility index (Phi) is 3.52. The molecular formula is C17H19N3O. The second kappa shape index (κ2) is 5.48. The van der Waals surface area contributed by atoms with Gasteiger partial charge in [-0.3, -0.25) is 4.68 Å². The number of nitrogen functional groups attached to an aromatic ring is 1. The number of hydrogen-bond acceptors (Lipinski definition) is 3. The van der Waals surface area contributed by atoms with Crippen molar-refractivity contribution in [3.8, 4) is 5.75 Å². The van der Waals surface area contributed by atoms with Crippen molar-refractivity contribution in [2.45, 2.75) is 26.5 Å². The normalized spacial score (nSPS) is 11.2. The molecular weight excluding hydrogens is 262 g/mol. The largest absolute Gasteiger partial charge is 0.487 e. The third kappa shape index (κ3) is 2.70. The molecule has 0 amide bonds.